The van der Waals surface area contributed by atoms with Crippen LogP contribution in [0.3, 0.4) is 0 Å². The third-order valence-electron chi connectivity index (χ3n) is 4.78. The highest BCUT2D eigenvalue weighted by Crippen LogP contribution is 2.44. The number of hydrogen-bond donors (Lipinski definition) is 1. The van der Waals surface area contributed by atoms with Crippen LogP contribution in [0.15, 0.2) is 41.3 Å². The van der Waals surface area contributed by atoms with Crippen LogP contribution in [-0.4, -0.2) is 33.5 Å². The number of aromatic nitrogens is 1. The van der Waals surface area contributed by atoms with Gasteiger partial charge in [-0.15, -0.1) is 0 Å². The van der Waals surface area contributed by atoms with E-state index in [1.165, 1.54) is 27.0 Å². The lowest BCUT2D eigenvalue weighted by Crippen LogP contribution is -2.53. The predicted molar refractivity (Wildman–Crippen MR) is 99.0 cm³/mol. The number of nitrogens with zero attached hydrogens (tertiary/aromatic N) is 2. The number of benzene rings is 1. The largest absolute Gasteiger partial charge is 0.496 e. The molecule has 1 unspecified atom stereocenters. The first-order valence-corrected chi connectivity index (χ1v) is 8.69. The molecule has 0 aliphatic rings. The Morgan fingerprint density at radius 2 is 1.87 bits per heavy atom. The Labute approximate surface area is 168 Å². The van der Waals surface area contributed by atoms with E-state index in [0.29, 0.717) is 4.57 Å². The number of halogens is 4. The number of pyridine rings is 1. The normalized spacial score (nSPS) is 14.3. The van der Waals surface area contributed by atoms with Gasteiger partial charge < -0.3 is 14.4 Å². The van der Waals surface area contributed by atoms with Crippen molar-refractivity contribution in [1.82, 2.24) is 4.57 Å². The molecule has 0 aliphatic heterocycles. The topological polar surface area (TPSA) is 94.6 Å². The number of nitro groups is 1. The van der Waals surface area contributed by atoms with Gasteiger partial charge in [0.25, 0.3) is 0 Å². The second kappa shape index (κ2) is 8.05. The van der Waals surface area contributed by atoms with E-state index in [2.05, 4.69) is 0 Å². The van der Waals surface area contributed by atoms with E-state index >= 15 is 0 Å². The van der Waals surface area contributed by atoms with Crippen LogP contribution in [-0.2, 0) is 12.0 Å². The molecular weight excluding hydrogens is 412 g/mol. The first-order chi connectivity index (χ1) is 13.7. The summed E-state index contributed by atoms with van der Waals surface area (Å²) in [6, 6.07) is 5.24. The lowest BCUT2D eigenvalue weighted by atomic mass is 9.74. The highest BCUT2D eigenvalue weighted by atomic mass is 19.4. The lowest BCUT2D eigenvalue weighted by molar-refractivity contribution is -0.386. The summed E-state index contributed by atoms with van der Waals surface area (Å²) in [6.45, 7) is 1.44. The predicted octanol–water partition coefficient (Wildman–Crippen LogP) is 3.57. The molecule has 2 rings (SSSR count). The Morgan fingerprint density at radius 1 is 1.23 bits per heavy atom. The van der Waals surface area contributed by atoms with Crippen molar-refractivity contribution in [1.29, 1.82) is 0 Å². The summed E-state index contributed by atoms with van der Waals surface area (Å²) < 4.78 is 60.9. The van der Waals surface area contributed by atoms with Crippen LogP contribution >= 0.6 is 0 Å². The molecule has 0 aliphatic carbocycles. The van der Waals surface area contributed by atoms with E-state index < -0.39 is 52.1 Å². The number of methoxy groups -OCH3 is 1. The molecule has 2 aromatic rings. The van der Waals surface area contributed by atoms with Gasteiger partial charge in [0.15, 0.2) is 5.60 Å². The quantitative estimate of drug-likeness (QED) is 0.410. The Balaban J connectivity index is 2.54. The average Bonchev–Trinajstić information content (AvgIpc) is 2.61. The summed E-state index contributed by atoms with van der Waals surface area (Å²) in [6.07, 6.45) is -5.25. The zero-order valence-corrected chi connectivity index (χ0v) is 16.4. The third kappa shape index (κ3) is 4.61. The summed E-state index contributed by atoms with van der Waals surface area (Å²) in [5.41, 5.74) is -7.03. The molecule has 1 heterocycles. The van der Waals surface area contributed by atoms with E-state index in [-0.39, 0.29) is 11.3 Å². The summed E-state index contributed by atoms with van der Waals surface area (Å²) >= 11 is 0. The Kier molecular flexibility index (Phi) is 6.26. The molecule has 7 nitrogen and oxygen atoms in total. The molecule has 164 valence electrons. The molecule has 0 bridgehead atoms. The summed E-state index contributed by atoms with van der Waals surface area (Å²) in [5, 5.41) is 21.5. The van der Waals surface area contributed by atoms with Crippen LogP contribution < -0.4 is 10.3 Å². The van der Waals surface area contributed by atoms with E-state index in [4.69, 9.17) is 4.74 Å². The van der Waals surface area contributed by atoms with Crippen molar-refractivity contribution >= 4 is 5.69 Å². The molecule has 0 fully saturated rings. The molecule has 0 radical (unpaired) electrons. The zero-order chi connectivity index (χ0) is 22.9. The maximum absolute atomic E-state index is 13.9. The van der Waals surface area contributed by atoms with Crippen molar-refractivity contribution in [3.8, 4) is 5.75 Å². The van der Waals surface area contributed by atoms with Crippen molar-refractivity contribution in [3.05, 3.63) is 68.4 Å². The van der Waals surface area contributed by atoms with Crippen LogP contribution in [0.4, 0.5) is 23.2 Å². The van der Waals surface area contributed by atoms with Gasteiger partial charge in [-0.05, 0) is 36.1 Å². The molecule has 1 atom stereocenters. The molecule has 1 aromatic carbocycles. The van der Waals surface area contributed by atoms with Gasteiger partial charge in [-0.1, -0.05) is 13.8 Å². The van der Waals surface area contributed by atoms with E-state index in [0.717, 1.165) is 30.5 Å². The van der Waals surface area contributed by atoms with Crippen LogP contribution in [0.1, 0.15) is 25.8 Å². The lowest BCUT2D eigenvalue weighted by Gasteiger charge is -2.38. The minimum absolute atomic E-state index is 0.0825. The van der Waals surface area contributed by atoms with Crippen molar-refractivity contribution in [2.24, 2.45) is 0 Å². The van der Waals surface area contributed by atoms with Crippen molar-refractivity contribution in [2.45, 2.75) is 44.0 Å². The van der Waals surface area contributed by atoms with Crippen LogP contribution in [0, 0.1) is 15.9 Å². The van der Waals surface area contributed by atoms with Gasteiger partial charge in [-0.2, -0.15) is 13.2 Å². The fourth-order valence-corrected chi connectivity index (χ4v) is 3.35. The summed E-state index contributed by atoms with van der Waals surface area (Å²) in [5.74, 6) is -0.581. The molecule has 0 saturated heterocycles. The maximum Gasteiger partial charge on any atom is 0.418 e. The van der Waals surface area contributed by atoms with Crippen molar-refractivity contribution in [3.63, 3.8) is 0 Å². The minimum atomic E-state index is -5.20. The zero-order valence-electron chi connectivity index (χ0n) is 16.4. The molecule has 30 heavy (non-hydrogen) atoms. The van der Waals surface area contributed by atoms with Gasteiger partial charge in [0, 0.05) is 17.8 Å². The van der Waals surface area contributed by atoms with Crippen molar-refractivity contribution in [2.75, 3.05) is 7.11 Å². The Hall–Kier alpha value is -2.95. The minimum Gasteiger partial charge on any atom is -0.496 e. The monoisotopic (exact) mass is 432 g/mol. The second-order valence-electron chi connectivity index (χ2n) is 7.52. The number of ether oxygens (including phenoxy) is 1. The highest BCUT2D eigenvalue weighted by molar-refractivity contribution is 5.39. The molecule has 0 amide bonds. The molecule has 0 spiro atoms. The van der Waals surface area contributed by atoms with Crippen LogP contribution in [0.25, 0.3) is 0 Å². The second-order valence-corrected chi connectivity index (χ2v) is 7.52. The molecule has 1 N–H and O–H groups in total. The van der Waals surface area contributed by atoms with Crippen molar-refractivity contribution < 1.29 is 32.3 Å². The Bertz CT molecular complexity index is 1000. The molecular formula is C19H20F4N2O5. The fraction of sp³-hybridized carbons (Fsp3) is 0.421. The average molecular weight is 432 g/mol. The van der Waals surface area contributed by atoms with E-state index in [1.807, 2.05) is 0 Å². The fourth-order valence-electron chi connectivity index (χ4n) is 3.35. The summed E-state index contributed by atoms with van der Waals surface area (Å²) in [7, 11) is 1.27. The number of rotatable bonds is 7. The number of aliphatic hydroxyl groups is 1. The third-order valence-corrected chi connectivity index (χ3v) is 4.78. The van der Waals surface area contributed by atoms with Gasteiger partial charge in [-0.3, -0.25) is 14.9 Å². The van der Waals surface area contributed by atoms with E-state index in [1.54, 1.807) is 0 Å². The Morgan fingerprint density at radius 3 is 2.40 bits per heavy atom. The SMILES string of the molecule is COc1ccc(F)cc1C(C)(C)CC(O)(Cn1cccc([N+](=O)[O-])c1=O)C(F)(F)F. The first kappa shape index (κ1) is 23.3. The van der Waals surface area contributed by atoms with Gasteiger partial charge in [0.05, 0.1) is 18.6 Å². The number of alkyl halides is 3. The van der Waals surface area contributed by atoms with Crippen LogP contribution in [0.5, 0.6) is 5.75 Å². The smallest absolute Gasteiger partial charge is 0.418 e. The number of hydrogen-bond acceptors (Lipinski definition) is 5. The standard InChI is InChI=1S/C19H20F4N2O5/c1-17(2,13-9-12(20)6-7-15(13)30-3)10-18(27,19(21,22)23)11-24-8-4-5-14(16(24)26)25(28)29/h4-9,27H,10-11H2,1-3H3. The molecule has 11 heteroatoms. The highest BCUT2D eigenvalue weighted by Gasteiger charge is 2.56. The molecule has 1 aromatic heterocycles. The summed E-state index contributed by atoms with van der Waals surface area (Å²) in [4.78, 5) is 22.1. The van der Waals surface area contributed by atoms with Gasteiger partial charge >= 0.3 is 17.4 Å². The van der Waals surface area contributed by atoms with Crippen LogP contribution in [0.2, 0.25) is 0 Å². The van der Waals surface area contributed by atoms with Gasteiger partial charge in [0.2, 0.25) is 0 Å². The first-order valence-electron chi connectivity index (χ1n) is 8.69. The van der Waals surface area contributed by atoms with E-state index in [9.17, 15) is 37.6 Å². The van der Waals surface area contributed by atoms with Gasteiger partial charge in [-0.25, -0.2) is 4.39 Å². The van der Waals surface area contributed by atoms with Gasteiger partial charge in [0.1, 0.15) is 11.6 Å². The maximum atomic E-state index is 13.9. The molecule has 0 saturated carbocycles.